The van der Waals surface area contributed by atoms with Gasteiger partial charge in [0.05, 0.1) is 0 Å². The lowest BCUT2D eigenvalue weighted by molar-refractivity contribution is 0.0983. The Morgan fingerprint density at radius 2 is 2.06 bits per heavy atom. The van der Waals surface area contributed by atoms with Gasteiger partial charge in [-0.2, -0.15) is 0 Å². The molecule has 0 bridgehead atoms. The fraction of sp³-hybridized carbons (Fsp3) is 0.571. The number of carbonyl (C=O) groups excluding carboxylic acids is 1. The number of hydrogen-bond acceptors (Lipinski definition) is 2. The Morgan fingerprint density at radius 3 is 2.75 bits per heavy atom. The number of nitrogens with zero attached hydrogens (tertiary/aromatic N) is 1. The monoisotopic (exact) mass is 217 g/mol. The molecule has 2 rings (SSSR count). The minimum Gasteiger partial charge on any atom is -0.292 e. The predicted octanol–water partition coefficient (Wildman–Crippen LogP) is 3.72. The van der Waals surface area contributed by atoms with Crippen LogP contribution in [0.25, 0.3) is 0 Å². The molecule has 0 N–H and O–H groups in total. The third-order valence-electron chi connectivity index (χ3n) is 3.40. The Morgan fingerprint density at radius 1 is 1.31 bits per heavy atom. The fourth-order valence-corrected chi connectivity index (χ4v) is 2.41. The van der Waals surface area contributed by atoms with E-state index in [1.807, 2.05) is 19.1 Å². The Bertz CT molecular complexity index is 367. The zero-order valence-electron chi connectivity index (χ0n) is 9.91. The third-order valence-corrected chi connectivity index (χ3v) is 3.40. The maximum Gasteiger partial charge on any atom is 0.180 e. The minimum absolute atomic E-state index is 0.151. The molecule has 0 radical (unpaired) electrons. The highest BCUT2D eigenvalue weighted by Gasteiger charge is 2.17. The Hall–Kier alpha value is -1.18. The molecule has 1 saturated carbocycles. The molecule has 0 aromatic carbocycles. The van der Waals surface area contributed by atoms with Crippen LogP contribution in [0.2, 0.25) is 0 Å². The van der Waals surface area contributed by atoms with Crippen LogP contribution < -0.4 is 0 Å². The summed E-state index contributed by atoms with van der Waals surface area (Å²) in [6.07, 6.45) is 6.97. The molecule has 2 nitrogen and oxygen atoms in total. The molecule has 0 saturated heterocycles. The molecule has 1 fully saturated rings. The number of carbonyl (C=O) groups is 1. The fourth-order valence-electron chi connectivity index (χ4n) is 2.41. The van der Waals surface area contributed by atoms with Gasteiger partial charge in [-0.05, 0) is 25.0 Å². The first-order chi connectivity index (χ1) is 7.81. The number of ketones is 1. The molecule has 0 unspecified atom stereocenters. The van der Waals surface area contributed by atoms with E-state index in [1.165, 1.54) is 32.1 Å². The minimum atomic E-state index is 0.151. The van der Waals surface area contributed by atoms with E-state index in [1.54, 1.807) is 0 Å². The van der Waals surface area contributed by atoms with E-state index in [2.05, 4.69) is 11.1 Å². The lowest BCUT2D eigenvalue weighted by Gasteiger charge is -2.21. The van der Waals surface area contributed by atoms with Crippen LogP contribution in [-0.2, 0) is 0 Å². The molecular formula is C14H19NO. The van der Waals surface area contributed by atoms with Crippen molar-refractivity contribution in [1.82, 2.24) is 4.98 Å². The van der Waals surface area contributed by atoms with Gasteiger partial charge in [-0.1, -0.05) is 32.3 Å². The van der Waals surface area contributed by atoms with E-state index < -0.39 is 0 Å². The molecule has 0 amide bonds. The number of hydrogen-bond donors (Lipinski definition) is 0. The van der Waals surface area contributed by atoms with Crippen LogP contribution in [0.3, 0.4) is 0 Å². The molecule has 1 aromatic rings. The summed E-state index contributed by atoms with van der Waals surface area (Å²) in [5.74, 6) is 0.732. The number of rotatable bonds is 3. The van der Waals surface area contributed by atoms with Gasteiger partial charge in [-0.25, -0.2) is 4.98 Å². The molecule has 1 aromatic heterocycles. The van der Waals surface area contributed by atoms with E-state index >= 15 is 0 Å². The quantitative estimate of drug-likeness (QED) is 0.722. The largest absolute Gasteiger partial charge is 0.292 e. The molecule has 1 aliphatic rings. The summed E-state index contributed by atoms with van der Waals surface area (Å²) in [6, 6.07) is 5.88. The van der Waals surface area contributed by atoms with Crippen molar-refractivity contribution in [3.63, 3.8) is 0 Å². The van der Waals surface area contributed by atoms with Crippen LogP contribution in [0.5, 0.6) is 0 Å². The maximum atomic E-state index is 11.6. The summed E-state index contributed by atoms with van der Waals surface area (Å²) < 4.78 is 0. The third kappa shape index (κ3) is 2.49. The Balaban J connectivity index is 2.17. The highest BCUT2D eigenvalue weighted by Crippen LogP contribution is 2.31. The standard InChI is InChI=1S/C14H19NO/c1-2-14(16)13-10-6-9-12(15-13)11-7-4-3-5-8-11/h6,9-11H,2-5,7-8H2,1H3. The molecule has 86 valence electrons. The first-order valence-corrected chi connectivity index (χ1v) is 6.31. The SMILES string of the molecule is CCC(=O)c1cccc(C2CCCCC2)n1. The van der Waals surface area contributed by atoms with Crippen molar-refractivity contribution >= 4 is 5.78 Å². The maximum absolute atomic E-state index is 11.6. The second kappa shape index (κ2) is 5.24. The summed E-state index contributed by atoms with van der Waals surface area (Å²) in [7, 11) is 0. The topological polar surface area (TPSA) is 30.0 Å². The highest BCUT2D eigenvalue weighted by molar-refractivity contribution is 5.93. The van der Waals surface area contributed by atoms with Gasteiger partial charge in [0.25, 0.3) is 0 Å². The molecule has 16 heavy (non-hydrogen) atoms. The van der Waals surface area contributed by atoms with Crippen LogP contribution in [0, 0.1) is 0 Å². The van der Waals surface area contributed by atoms with Gasteiger partial charge in [-0.3, -0.25) is 4.79 Å². The van der Waals surface area contributed by atoms with Gasteiger partial charge in [0, 0.05) is 18.0 Å². The van der Waals surface area contributed by atoms with Crippen molar-refractivity contribution in [3.05, 3.63) is 29.6 Å². The molecule has 2 heteroatoms. The number of Topliss-reactive ketones (excluding diaryl/α,β-unsaturated/α-hetero) is 1. The van der Waals surface area contributed by atoms with E-state index in [4.69, 9.17) is 0 Å². The van der Waals surface area contributed by atoms with E-state index in [0.29, 0.717) is 18.0 Å². The highest BCUT2D eigenvalue weighted by atomic mass is 16.1. The average Bonchev–Trinajstić information content (AvgIpc) is 2.39. The zero-order chi connectivity index (χ0) is 11.4. The average molecular weight is 217 g/mol. The van der Waals surface area contributed by atoms with Gasteiger partial charge in [-0.15, -0.1) is 0 Å². The number of pyridine rings is 1. The van der Waals surface area contributed by atoms with Gasteiger partial charge in [0.1, 0.15) is 5.69 Å². The molecule has 0 aliphatic heterocycles. The summed E-state index contributed by atoms with van der Waals surface area (Å²) in [5.41, 5.74) is 1.77. The van der Waals surface area contributed by atoms with Crippen molar-refractivity contribution in [2.75, 3.05) is 0 Å². The van der Waals surface area contributed by atoms with Crippen LogP contribution in [0.15, 0.2) is 18.2 Å². The van der Waals surface area contributed by atoms with Gasteiger partial charge in [0.2, 0.25) is 0 Å². The van der Waals surface area contributed by atoms with E-state index in [0.717, 1.165) is 5.69 Å². The molecule has 0 atom stereocenters. The van der Waals surface area contributed by atoms with Crippen molar-refractivity contribution in [2.45, 2.75) is 51.4 Å². The molecule has 1 heterocycles. The van der Waals surface area contributed by atoms with Crippen molar-refractivity contribution < 1.29 is 4.79 Å². The van der Waals surface area contributed by atoms with Gasteiger partial charge < -0.3 is 0 Å². The van der Waals surface area contributed by atoms with Crippen LogP contribution in [0.1, 0.15) is 67.5 Å². The predicted molar refractivity (Wildman–Crippen MR) is 64.7 cm³/mol. The van der Waals surface area contributed by atoms with E-state index in [9.17, 15) is 4.79 Å². The summed E-state index contributed by atoms with van der Waals surface area (Å²) in [6.45, 7) is 1.89. The van der Waals surface area contributed by atoms with E-state index in [-0.39, 0.29) is 5.78 Å². The first kappa shape index (κ1) is 11.3. The van der Waals surface area contributed by atoms with Gasteiger partial charge >= 0.3 is 0 Å². The zero-order valence-corrected chi connectivity index (χ0v) is 9.91. The lowest BCUT2D eigenvalue weighted by Crippen LogP contribution is -2.09. The normalized spacial score (nSPS) is 17.3. The van der Waals surface area contributed by atoms with Crippen molar-refractivity contribution in [1.29, 1.82) is 0 Å². The summed E-state index contributed by atoms with van der Waals surface area (Å²) in [4.78, 5) is 16.1. The first-order valence-electron chi connectivity index (χ1n) is 6.31. The summed E-state index contributed by atoms with van der Waals surface area (Å²) in [5, 5.41) is 0. The van der Waals surface area contributed by atoms with Crippen LogP contribution in [-0.4, -0.2) is 10.8 Å². The molecule has 0 spiro atoms. The summed E-state index contributed by atoms with van der Waals surface area (Å²) >= 11 is 0. The molecular weight excluding hydrogens is 198 g/mol. The lowest BCUT2D eigenvalue weighted by atomic mass is 9.86. The second-order valence-electron chi connectivity index (χ2n) is 4.56. The van der Waals surface area contributed by atoms with Crippen LogP contribution >= 0.6 is 0 Å². The Labute approximate surface area is 97.1 Å². The van der Waals surface area contributed by atoms with Crippen LogP contribution in [0.4, 0.5) is 0 Å². The second-order valence-corrected chi connectivity index (χ2v) is 4.56. The number of aromatic nitrogens is 1. The van der Waals surface area contributed by atoms with Gasteiger partial charge in [0.15, 0.2) is 5.78 Å². The Kier molecular flexibility index (Phi) is 3.70. The van der Waals surface area contributed by atoms with Crippen molar-refractivity contribution in [2.24, 2.45) is 0 Å². The van der Waals surface area contributed by atoms with Crippen molar-refractivity contribution in [3.8, 4) is 0 Å². The smallest absolute Gasteiger partial charge is 0.180 e. The molecule has 1 aliphatic carbocycles.